The van der Waals surface area contributed by atoms with Gasteiger partial charge in [-0.1, -0.05) is 61.5 Å². The monoisotopic (exact) mass is 1310 g/mol. The van der Waals surface area contributed by atoms with Gasteiger partial charge in [0.15, 0.2) is 5.78 Å². The highest BCUT2D eigenvalue weighted by molar-refractivity contribution is 5.96. The number of nitrogens with two attached hydrogens (primary N) is 2. The fourth-order valence-electron chi connectivity index (χ4n) is 9.62. The summed E-state index contributed by atoms with van der Waals surface area (Å²) in [6.07, 6.45) is -7.19. The molecular formula is C67H73ClF6N8O11. The Morgan fingerprint density at radius 2 is 0.774 bits per heavy atom. The summed E-state index contributed by atoms with van der Waals surface area (Å²) in [7, 11) is 7.78. The molecule has 0 saturated carbocycles. The Morgan fingerprint density at radius 3 is 1.03 bits per heavy atom. The number of halogens is 7. The number of nitrogens with one attached hydrogen (secondary N) is 3. The number of aliphatic carboxylic acids is 3. The van der Waals surface area contributed by atoms with Gasteiger partial charge in [-0.2, -0.15) is 40.0 Å². The Hall–Kier alpha value is -9.88. The molecule has 0 bridgehead atoms. The van der Waals surface area contributed by atoms with Crippen LogP contribution in [-0.2, 0) is 78.8 Å². The quantitative estimate of drug-likeness (QED) is 0.0490. The van der Waals surface area contributed by atoms with Crippen molar-refractivity contribution < 1.29 is 106 Å². The molecule has 0 fully saturated rings. The fourth-order valence-corrected chi connectivity index (χ4v) is 9.62. The second-order valence-corrected chi connectivity index (χ2v) is 20.9. The van der Waals surface area contributed by atoms with Crippen molar-refractivity contribution in [2.24, 2.45) is 32.6 Å². The Labute approximate surface area is 537 Å². The number of nitrogens with zero attached hydrogens (tertiary/aromatic N) is 3. The van der Waals surface area contributed by atoms with E-state index in [-0.39, 0.29) is 62.0 Å². The zero-order valence-corrected chi connectivity index (χ0v) is 53.1. The number of likely N-dealkylation sites (N-methyl/N-ethyl adjacent to an activating group) is 1. The fraction of sp³-hybridized carbons (Fsp3) is 0.299. The van der Waals surface area contributed by atoms with Crippen LogP contribution in [0, 0.1) is 20.8 Å². The molecular weight excluding hydrogens is 1240 g/mol. The third kappa shape index (κ3) is 22.5. The molecule has 8 N–H and O–H groups in total. The van der Waals surface area contributed by atoms with E-state index in [4.69, 9.17) is 36.4 Å². The number of Topliss-reactive ketones (excluding diaryl/α,β-unsaturated/α-hetero) is 1. The van der Waals surface area contributed by atoms with Crippen molar-refractivity contribution in [2.75, 3.05) is 26.7 Å². The van der Waals surface area contributed by atoms with E-state index in [9.17, 15) is 55.1 Å². The molecule has 0 saturated heterocycles. The van der Waals surface area contributed by atoms with Gasteiger partial charge in [0, 0.05) is 85.3 Å². The van der Waals surface area contributed by atoms with Gasteiger partial charge in [0.25, 0.3) is 0 Å². The molecule has 0 radical (unpaired) electrons. The predicted octanol–water partition coefficient (Wildman–Crippen LogP) is 2.25. The number of carboxylic acid groups (broad SMARTS) is 3. The molecule has 496 valence electrons. The van der Waals surface area contributed by atoms with Crippen LogP contribution in [0.3, 0.4) is 0 Å². The molecule has 6 aromatic carbocycles. The topological polar surface area (TPSA) is 303 Å². The van der Waals surface area contributed by atoms with Crippen molar-refractivity contribution in [3.8, 4) is 0 Å². The highest BCUT2D eigenvalue weighted by atomic mass is 35.5. The van der Waals surface area contributed by atoms with E-state index in [2.05, 4.69) is 181 Å². The summed E-state index contributed by atoms with van der Waals surface area (Å²) in [5, 5.41) is 41.3. The minimum atomic E-state index is -5.19. The van der Waals surface area contributed by atoms with E-state index in [0.717, 1.165) is 22.2 Å². The number of carbonyl (C=O) groups excluding carboxylic acids is 7. The van der Waals surface area contributed by atoms with Crippen molar-refractivity contribution in [1.29, 1.82) is 0 Å². The Morgan fingerprint density at radius 1 is 0.484 bits per heavy atom. The van der Waals surface area contributed by atoms with Crippen LogP contribution in [0.4, 0.5) is 26.3 Å². The summed E-state index contributed by atoms with van der Waals surface area (Å²) in [6, 6.07) is 44.1. The van der Waals surface area contributed by atoms with Gasteiger partial charge in [-0.25, -0.2) is 0 Å². The maximum atomic E-state index is 11.9. The van der Waals surface area contributed by atoms with Crippen molar-refractivity contribution in [3.05, 3.63) is 161 Å². The molecule has 9 aromatic rings. The summed E-state index contributed by atoms with van der Waals surface area (Å²) in [5.41, 5.74) is 24.1. The molecule has 0 aliphatic rings. The van der Waals surface area contributed by atoms with Gasteiger partial charge < -0.3 is 64.7 Å². The maximum absolute atomic E-state index is 11.9. The first-order valence-electron chi connectivity index (χ1n) is 28.7. The van der Waals surface area contributed by atoms with Gasteiger partial charge in [-0.3, -0.25) is 28.8 Å². The lowest BCUT2D eigenvalue weighted by molar-refractivity contribution is -0.617. The number of benzene rings is 6. The van der Waals surface area contributed by atoms with E-state index in [1.54, 1.807) is 14.0 Å². The summed E-state index contributed by atoms with van der Waals surface area (Å²) in [6.45, 7) is 8.31. The molecule has 3 aromatic heterocycles. The van der Waals surface area contributed by atoms with Gasteiger partial charge in [-0.15, -0.1) is 0 Å². The molecule has 0 aliphatic carbocycles. The second-order valence-electron chi connectivity index (χ2n) is 20.9. The lowest BCUT2D eigenvalue weighted by atomic mass is 10.00. The Bertz CT molecular complexity index is 4170. The van der Waals surface area contributed by atoms with E-state index in [1.165, 1.54) is 76.6 Å². The van der Waals surface area contributed by atoms with Gasteiger partial charge in [-0.05, 0) is 110 Å². The average molecular weight is 1320 g/mol. The number of carboxylic acids is 3. The molecule has 4 amide bonds. The lowest BCUT2D eigenvalue weighted by Crippen LogP contribution is -3.00. The van der Waals surface area contributed by atoms with Crippen LogP contribution in [0.5, 0.6) is 0 Å². The minimum Gasteiger partial charge on any atom is -1.00 e. The molecule has 0 atom stereocenters. The molecule has 19 nitrogen and oxygen atoms in total. The van der Waals surface area contributed by atoms with Crippen LogP contribution < -0.4 is 63.7 Å². The van der Waals surface area contributed by atoms with Gasteiger partial charge in [0.05, 0.1) is 35.8 Å². The van der Waals surface area contributed by atoms with Crippen LogP contribution >= 0.6 is 0 Å². The third-order valence-electron chi connectivity index (χ3n) is 14.7. The normalized spacial score (nSPS) is 10.7. The number of primary amides is 1. The number of ketones is 1. The molecule has 9 rings (SSSR count). The molecule has 3 heterocycles. The largest absolute Gasteiger partial charge is 1.00 e. The van der Waals surface area contributed by atoms with E-state index >= 15 is 0 Å². The Balaban J connectivity index is 0.000000316. The first-order valence-corrected chi connectivity index (χ1v) is 28.7. The van der Waals surface area contributed by atoms with Crippen molar-refractivity contribution in [3.63, 3.8) is 0 Å². The highest BCUT2D eigenvalue weighted by Gasteiger charge is 2.29. The number of hydrogen-bond donors (Lipinski definition) is 6. The molecule has 0 unspecified atom stereocenters. The van der Waals surface area contributed by atoms with Gasteiger partial charge in [0.1, 0.15) is 33.1 Å². The molecule has 0 aliphatic heterocycles. The van der Waals surface area contributed by atoms with Gasteiger partial charge >= 0.3 is 18.3 Å². The number of rotatable bonds is 15. The van der Waals surface area contributed by atoms with Crippen LogP contribution in [0.25, 0.3) is 65.4 Å². The lowest BCUT2D eigenvalue weighted by Gasteiger charge is -2.09. The molecule has 93 heavy (non-hydrogen) atoms. The zero-order valence-electron chi connectivity index (χ0n) is 52.4. The smallest absolute Gasteiger partial charge is 0.430 e. The number of alkyl halides is 6. The number of fused-ring (bicyclic) bond motifs is 6. The number of hydrogen-bond acceptors (Lipinski definition) is 11. The summed E-state index contributed by atoms with van der Waals surface area (Å²) >= 11 is 0. The van der Waals surface area contributed by atoms with Crippen molar-refractivity contribution in [1.82, 2.24) is 16.0 Å². The number of aromatic nitrogens is 3. The first kappa shape index (κ1) is 77.4. The maximum Gasteiger partial charge on any atom is 0.430 e. The number of pyridine rings is 3. The standard InChI is InChI=1S/C22H24N2O2.C20H21N3O2.C18H17NO2.C3H8N2O.2C2HF3O2.ClH/c1-4-17(25)14-23-22(26)12-10-16-9-11-21-19(13-16)15(2)18-7-5-6-8-20(18)24(21)3;1-13-15-5-3-4-6-17(15)23(2)18-9-7-14(11-16(13)18)8-10-20(25)22-12-19(21)24;1-12-14-5-3-4-6-16(14)19(2)17-9-7-13(11-15(12)17)8-10-18(20)21;1-5-3(6)2-4;2*3-2(4,5)1(6)7;/h5-9,11,13H,4,10,12,14H2,1-3H3;3-7,9,11H,8,10,12H2,1-2H3,(H2-,21,22,24,25);3-7,9,11H,8,10H2,1-2H3;2,4H2,1H3,(H,5,6);2*(H,6,7);1H. The highest BCUT2D eigenvalue weighted by Crippen LogP contribution is 2.28. The van der Waals surface area contributed by atoms with Gasteiger partial charge in [0.2, 0.25) is 56.7 Å². The Kier molecular flexibility index (Phi) is 29.7. The molecule has 0 spiro atoms. The SMILES string of the molecule is CCC(=O)CNC(=O)CCc1ccc2c(c1)c(C)c1ccccc1[n+]2C.CNC(=O)CN.Cc1c2ccccc2[n+](C)c2ccc(CCC(=O)NCC(N)=O)cc12.Cc1c2ccccc2[n+](C)c2ccc(CCC(=O)O)cc12.O=C([O-])C(F)(F)F.O=C([O-])C(F)(F)F.[Cl-]. The zero-order chi connectivity index (χ0) is 68.8. The van der Waals surface area contributed by atoms with Crippen LogP contribution in [0.15, 0.2) is 127 Å². The molecule has 26 heteroatoms. The predicted molar refractivity (Wildman–Crippen MR) is 330 cm³/mol. The second kappa shape index (κ2) is 35.6. The van der Waals surface area contributed by atoms with Crippen LogP contribution in [0.1, 0.15) is 66.0 Å². The van der Waals surface area contributed by atoms with E-state index < -0.39 is 36.2 Å². The number of amides is 4. The van der Waals surface area contributed by atoms with E-state index in [1.807, 2.05) is 18.2 Å². The van der Waals surface area contributed by atoms with Crippen molar-refractivity contribution >= 4 is 113 Å². The summed E-state index contributed by atoms with van der Waals surface area (Å²) in [5.74, 6) is -7.62. The minimum absolute atomic E-state index is 0. The van der Waals surface area contributed by atoms with Crippen LogP contribution in [-0.4, -0.2) is 91.5 Å². The third-order valence-corrected chi connectivity index (χ3v) is 14.7. The van der Waals surface area contributed by atoms with E-state index in [0.29, 0.717) is 38.5 Å². The van der Waals surface area contributed by atoms with Crippen molar-refractivity contribution in [2.45, 2.75) is 85.0 Å². The number of carbonyl (C=O) groups is 8. The summed E-state index contributed by atoms with van der Waals surface area (Å²) in [4.78, 5) is 83.9. The number of para-hydroxylation sites is 3. The number of aryl methyl sites for hydroxylation is 9. The first-order chi connectivity index (χ1) is 43.2. The van der Waals surface area contributed by atoms with Crippen LogP contribution in [0.2, 0.25) is 0 Å². The average Bonchev–Trinajstić information content (AvgIpc) is 0.793. The summed E-state index contributed by atoms with van der Waals surface area (Å²) < 4.78 is 69.7.